The zero-order valence-electron chi connectivity index (χ0n) is 9.98. The second-order valence-corrected chi connectivity index (χ2v) is 5.06. The first kappa shape index (κ1) is 14.5. The van der Waals surface area contributed by atoms with E-state index in [0.717, 1.165) is 18.7 Å². The lowest BCUT2D eigenvalue weighted by atomic mass is 10.2. The van der Waals surface area contributed by atoms with Crippen molar-refractivity contribution in [2.45, 2.75) is 25.4 Å². The molecular formula is C10H17ClN4OS. The van der Waals surface area contributed by atoms with E-state index in [0.29, 0.717) is 11.1 Å². The Kier molecular flexibility index (Phi) is 6.54. The Morgan fingerprint density at radius 3 is 2.82 bits per heavy atom. The predicted octanol–water partition coefficient (Wildman–Crippen LogP) is 2.07. The standard InChI is InChI=1S/C10H17ClN4OS/c1-3-4-12-9-13-8(11)14-10(15-9)17-6-7(2)5-16/h7,16H,3-6H2,1-2H3,(H,12,13,14,15). The van der Waals surface area contributed by atoms with Gasteiger partial charge in [-0.15, -0.1) is 0 Å². The molecule has 0 aliphatic heterocycles. The summed E-state index contributed by atoms with van der Waals surface area (Å²) in [6, 6.07) is 0. The van der Waals surface area contributed by atoms with Crippen LogP contribution >= 0.6 is 23.4 Å². The van der Waals surface area contributed by atoms with E-state index in [2.05, 4.69) is 27.2 Å². The molecule has 1 unspecified atom stereocenters. The molecule has 0 spiro atoms. The number of nitrogens with one attached hydrogen (secondary N) is 1. The van der Waals surface area contributed by atoms with Crippen molar-refractivity contribution in [1.82, 2.24) is 15.0 Å². The van der Waals surface area contributed by atoms with Crippen molar-refractivity contribution in [2.24, 2.45) is 5.92 Å². The Morgan fingerprint density at radius 1 is 1.41 bits per heavy atom. The van der Waals surface area contributed by atoms with Gasteiger partial charge < -0.3 is 10.4 Å². The molecule has 0 saturated heterocycles. The highest BCUT2D eigenvalue weighted by Crippen LogP contribution is 2.19. The molecule has 17 heavy (non-hydrogen) atoms. The van der Waals surface area contributed by atoms with Crippen LogP contribution in [-0.2, 0) is 0 Å². The number of halogens is 1. The fraction of sp³-hybridized carbons (Fsp3) is 0.700. The van der Waals surface area contributed by atoms with Gasteiger partial charge in [0, 0.05) is 18.9 Å². The van der Waals surface area contributed by atoms with Crippen molar-refractivity contribution in [2.75, 3.05) is 24.2 Å². The van der Waals surface area contributed by atoms with Gasteiger partial charge in [0.1, 0.15) is 0 Å². The largest absolute Gasteiger partial charge is 0.396 e. The highest BCUT2D eigenvalue weighted by atomic mass is 35.5. The maximum Gasteiger partial charge on any atom is 0.228 e. The lowest BCUT2D eigenvalue weighted by molar-refractivity contribution is 0.250. The van der Waals surface area contributed by atoms with Crippen LogP contribution in [0.5, 0.6) is 0 Å². The molecule has 0 bridgehead atoms. The number of thioether (sulfide) groups is 1. The van der Waals surface area contributed by atoms with Crippen molar-refractivity contribution in [3.05, 3.63) is 5.28 Å². The molecule has 0 aliphatic carbocycles. The minimum atomic E-state index is 0.159. The Bertz CT molecular complexity index is 353. The van der Waals surface area contributed by atoms with Gasteiger partial charge in [0.25, 0.3) is 0 Å². The second kappa shape index (κ2) is 7.68. The van der Waals surface area contributed by atoms with Crippen LogP contribution in [0.2, 0.25) is 5.28 Å². The zero-order chi connectivity index (χ0) is 12.7. The normalized spacial score (nSPS) is 12.5. The predicted molar refractivity (Wildman–Crippen MR) is 70.6 cm³/mol. The van der Waals surface area contributed by atoms with Crippen LogP contribution < -0.4 is 5.32 Å². The van der Waals surface area contributed by atoms with Crippen LogP contribution in [0.25, 0.3) is 0 Å². The van der Waals surface area contributed by atoms with E-state index < -0.39 is 0 Å². The first-order valence-electron chi connectivity index (χ1n) is 5.54. The number of aliphatic hydroxyl groups is 1. The summed E-state index contributed by atoms with van der Waals surface area (Å²) in [7, 11) is 0. The highest BCUT2D eigenvalue weighted by Gasteiger charge is 2.07. The molecule has 0 aromatic carbocycles. The summed E-state index contributed by atoms with van der Waals surface area (Å²) in [4.78, 5) is 12.3. The van der Waals surface area contributed by atoms with E-state index in [-0.39, 0.29) is 17.8 Å². The number of hydrogen-bond donors (Lipinski definition) is 2. The number of aliphatic hydroxyl groups excluding tert-OH is 1. The fourth-order valence-electron chi connectivity index (χ4n) is 0.982. The van der Waals surface area contributed by atoms with Crippen molar-refractivity contribution in [3.63, 3.8) is 0 Å². The van der Waals surface area contributed by atoms with Gasteiger partial charge in [0.05, 0.1) is 0 Å². The molecule has 1 aromatic heterocycles. The Hall–Kier alpha value is -0.590. The van der Waals surface area contributed by atoms with E-state index in [1.165, 1.54) is 11.8 Å². The van der Waals surface area contributed by atoms with Crippen LogP contribution in [0.15, 0.2) is 5.16 Å². The summed E-state index contributed by atoms with van der Waals surface area (Å²) in [5.74, 6) is 1.47. The van der Waals surface area contributed by atoms with Gasteiger partial charge in [-0.3, -0.25) is 0 Å². The molecule has 0 fully saturated rings. The summed E-state index contributed by atoms with van der Waals surface area (Å²) >= 11 is 7.28. The van der Waals surface area contributed by atoms with Crippen molar-refractivity contribution in [3.8, 4) is 0 Å². The first-order chi connectivity index (χ1) is 8.15. The van der Waals surface area contributed by atoms with Crippen LogP contribution in [0.1, 0.15) is 20.3 Å². The topological polar surface area (TPSA) is 70.9 Å². The van der Waals surface area contributed by atoms with Gasteiger partial charge in [-0.25, -0.2) is 0 Å². The van der Waals surface area contributed by atoms with E-state index in [4.69, 9.17) is 16.7 Å². The van der Waals surface area contributed by atoms with Crippen LogP contribution in [0.3, 0.4) is 0 Å². The third kappa shape index (κ3) is 5.52. The van der Waals surface area contributed by atoms with E-state index >= 15 is 0 Å². The van der Waals surface area contributed by atoms with Gasteiger partial charge in [-0.1, -0.05) is 25.6 Å². The van der Waals surface area contributed by atoms with E-state index in [9.17, 15) is 0 Å². The molecule has 1 heterocycles. The van der Waals surface area contributed by atoms with E-state index in [1.54, 1.807) is 0 Å². The van der Waals surface area contributed by atoms with Gasteiger partial charge in [0.2, 0.25) is 11.2 Å². The van der Waals surface area contributed by atoms with Crippen molar-refractivity contribution < 1.29 is 5.11 Å². The number of anilines is 1. The Morgan fingerprint density at radius 2 is 2.18 bits per heavy atom. The minimum Gasteiger partial charge on any atom is -0.396 e. The molecule has 2 N–H and O–H groups in total. The molecule has 96 valence electrons. The third-order valence-corrected chi connectivity index (χ3v) is 3.27. The molecule has 0 aliphatic rings. The van der Waals surface area contributed by atoms with Crippen molar-refractivity contribution >= 4 is 29.3 Å². The Balaban J connectivity index is 2.61. The van der Waals surface area contributed by atoms with E-state index in [1.807, 2.05) is 6.92 Å². The highest BCUT2D eigenvalue weighted by molar-refractivity contribution is 7.99. The quantitative estimate of drug-likeness (QED) is 0.743. The summed E-state index contributed by atoms with van der Waals surface area (Å²) in [5, 5.41) is 12.8. The lowest BCUT2D eigenvalue weighted by Gasteiger charge is -2.07. The lowest BCUT2D eigenvalue weighted by Crippen LogP contribution is -2.08. The van der Waals surface area contributed by atoms with Crippen LogP contribution in [0, 0.1) is 5.92 Å². The molecule has 0 radical (unpaired) electrons. The van der Waals surface area contributed by atoms with Gasteiger partial charge in [-0.2, -0.15) is 15.0 Å². The van der Waals surface area contributed by atoms with Crippen LogP contribution in [-0.4, -0.2) is 39.0 Å². The molecular weight excluding hydrogens is 260 g/mol. The average Bonchev–Trinajstić information content (AvgIpc) is 2.32. The molecule has 0 saturated carbocycles. The minimum absolute atomic E-state index is 0.159. The smallest absolute Gasteiger partial charge is 0.228 e. The maximum atomic E-state index is 8.93. The van der Waals surface area contributed by atoms with Gasteiger partial charge >= 0.3 is 0 Å². The van der Waals surface area contributed by atoms with Crippen LogP contribution in [0.4, 0.5) is 5.95 Å². The third-order valence-electron chi connectivity index (χ3n) is 1.93. The zero-order valence-corrected chi connectivity index (χ0v) is 11.6. The van der Waals surface area contributed by atoms with Crippen molar-refractivity contribution in [1.29, 1.82) is 0 Å². The molecule has 1 rings (SSSR count). The average molecular weight is 277 g/mol. The summed E-state index contributed by atoms with van der Waals surface area (Å²) < 4.78 is 0. The molecule has 7 heteroatoms. The molecule has 1 aromatic rings. The summed E-state index contributed by atoms with van der Waals surface area (Å²) in [5.41, 5.74) is 0. The maximum absolute atomic E-state index is 8.93. The van der Waals surface area contributed by atoms with Gasteiger partial charge in [0.15, 0.2) is 5.16 Å². The van der Waals surface area contributed by atoms with Gasteiger partial charge in [-0.05, 0) is 23.9 Å². The number of nitrogens with zero attached hydrogens (tertiary/aromatic N) is 3. The number of rotatable bonds is 7. The summed E-state index contributed by atoms with van der Waals surface area (Å²) in [6.45, 7) is 4.99. The second-order valence-electron chi connectivity index (χ2n) is 3.74. The Labute approximate surface area is 110 Å². The monoisotopic (exact) mass is 276 g/mol. The molecule has 5 nitrogen and oxygen atoms in total. The SMILES string of the molecule is CCCNc1nc(Cl)nc(SCC(C)CO)n1. The number of hydrogen-bond acceptors (Lipinski definition) is 6. The summed E-state index contributed by atoms with van der Waals surface area (Å²) in [6.07, 6.45) is 0.993. The number of aromatic nitrogens is 3. The molecule has 1 atom stereocenters. The first-order valence-corrected chi connectivity index (χ1v) is 6.91. The fourth-order valence-corrected chi connectivity index (χ4v) is 2.03. The molecule has 0 amide bonds.